The summed E-state index contributed by atoms with van der Waals surface area (Å²) in [5, 5.41) is 3.23. The first-order valence-corrected chi connectivity index (χ1v) is 6.69. The number of hydrogen-bond donors (Lipinski definition) is 2. The predicted octanol–water partition coefficient (Wildman–Crippen LogP) is 0.100. The van der Waals surface area contributed by atoms with Crippen molar-refractivity contribution in [3.05, 3.63) is 12.2 Å². The van der Waals surface area contributed by atoms with Crippen LogP contribution < -0.4 is 11.1 Å². The summed E-state index contributed by atoms with van der Waals surface area (Å²) in [4.78, 5) is 14.6. The van der Waals surface area contributed by atoms with Gasteiger partial charge in [-0.15, -0.1) is 0 Å². The Labute approximate surface area is 102 Å². The molecule has 0 aromatic carbocycles. The molecule has 0 aromatic heterocycles. The molecule has 0 saturated carbocycles. The van der Waals surface area contributed by atoms with Gasteiger partial charge in [-0.3, -0.25) is 4.79 Å². The van der Waals surface area contributed by atoms with Crippen LogP contribution in [-0.4, -0.2) is 42.5 Å². The Morgan fingerprint density at radius 2 is 2.06 bits per heavy atom. The fourth-order valence-electron chi connectivity index (χ4n) is 3.34. The monoisotopic (exact) mass is 235 g/mol. The van der Waals surface area contributed by atoms with Gasteiger partial charge in [-0.2, -0.15) is 0 Å². The van der Waals surface area contributed by atoms with Crippen LogP contribution in [-0.2, 0) is 4.79 Å². The van der Waals surface area contributed by atoms with Crippen LogP contribution in [0.1, 0.15) is 19.3 Å². The van der Waals surface area contributed by atoms with Crippen molar-refractivity contribution >= 4 is 5.91 Å². The molecular formula is C13H21N3O. The Balaban J connectivity index is 1.56. The third-order valence-corrected chi connectivity index (χ3v) is 4.44. The van der Waals surface area contributed by atoms with E-state index in [1.807, 2.05) is 12.2 Å². The number of nitrogens with zero attached hydrogens (tertiary/aromatic N) is 1. The van der Waals surface area contributed by atoms with Crippen LogP contribution in [0.5, 0.6) is 0 Å². The highest BCUT2D eigenvalue weighted by Crippen LogP contribution is 2.28. The fourth-order valence-corrected chi connectivity index (χ4v) is 3.34. The molecule has 2 bridgehead atoms. The molecule has 3 unspecified atom stereocenters. The Kier molecular flexibility index (Phi) is 2.92. The van der Waals surface area contributed by atoms with E-state index in [1.165, 1.54) is 25.9 Å². The molecule has 3 aliphatic heterocycles. The SMILES string of the molecule is NC1C=CC(C(=O)NC2CN3CCC2CC3)C1. The Hall–Kier alpha value is -0.870. The van der Waals surface area contributed by atoms with Crippen molar-refractivity contribution in [2.75, 3.05) is 19.6 Å². The van der Waals surface area contributed by atoms with Gasteiger partial charge in [0.05, 0.1) is 5.92 Å². The summed E-state index contributed by atoms with van der Waals surface area (Å²) < 4.78 is 0. The van der Waals surface area contributed by atoms with Gasteiger partial charge in [-0.1, -0.05) is 12.2 Å². The van der Waals surface area contributed by atoms with E-state index in [0.29, 0.717) is 12.0 Å². The van der Waals surface area contributed by atoms with Gasteiger partial charge < -0.3 is 16.0 Å². The quantitative estimate of drug-likeness (QED) is 0.667. The molecule has 94 valence electrons. The van der Waals surface area contributed by atoms with Crippen LogP contribution in [0.15, 0.2) is 12.2 Å². The molecule has 4 aliphatic rings. The third kappa shape index (κ3) is 2.24. The number of nitrogens with two attached hydrogens (primary N) is 1. The topological polar surface area (TPSA) is 58.4 Å². The summed E-state index contributed by atoms with van der Waals surface area (Å²) in [6.45, 7) is 3.47. The number of carbonyl (C=O) groups excluding carboxylic acids is 1. The van der Waals surface area contributed by atoms with Crippen LogP contribution in [0.2, 0.25) is 0 Å². The summed E-state index contributed by atoms with van der Waals surface area (Å²) in [5.41, 5.74) is 5.78. The molecule has 0 spiro atoms. The Bertz CT molecular complexity index is 334. The maximum Gasteiger partial charge on any atom is 0.227 e. The van der Waals surface area contributed by atoms with Gasteiger partial charge in [0.25, 0.3) is 0 Å². The lowest BCUT2D eigenvalue weighted by atomic mass is 9.84. The molecule has 1 amide bonds. The van der Waals surface area contributed by atoms with Gasteiger partial charge in [-0.25, -0.2) is 0 Å². The van der Waals surface area contributed by atoms with Gasteiger partial charge >= 0.3 is 0 Å². The maximum absolute atomic E-state index is 12.1. The second-order valence-electron chi connectivity index (χ2n) is 5.64. The predicted molar refractivity (Wildman–Crippen MR) is 66.3 cm³/mol. The van der Waals surface area contributed by atoms with Crippen LogP contribution >= 0.6 is 0 Å². The molecule has 4 nitrogen and oxygen atoms in total. The number of piperidine rings is 3. The molecule has 0 aromatic rings. The fraction of sp³-hybridized carbons (Fsp3) is 0.769. The van der Waals surface area contributed by atoms with E-state index < -0.39 is 0 Å². The van der Waals surface area contributed by atoms with E-state index in [4.69, 9.17) is 5.73 Å². The first-order valence-electron chi connectivity index (χ1n) is 6.69. The molecule has 4 heteroatoms. The van der Waals surface area contributed by atoms with E-state index in [2.05, 4.69) is 10.2 Å². The van der Waals surface area contributed by atoms with Crippen molar-refractivity contribution in [1.29, 1.82) is 0 Å². The van der Waals surface area contributed by atoms with Gasteiger partial charge in [0.15, 0.2) is 0 Å². The van der Waals surface area contributed by atoms with Crippen molar-refractivity contribution in [1.82, 2.24) is 10.2 Å². The zero-order chi connectivity index (χ0) is 11.8. The van der Waals surface area contributed by atoms with Crippen molar-refractivity contribution < 1.29 is 4.79 Å². The lowest BCUT2D eigenvalue weighted by Crippen LogP contribution is -2.57. The zero-order valence-corrected chi connectivity index (χ0v) is 10.1. The van der Waals surface area contributed by atoms with Crippen molar-refractivity contribution in [3.63, 3.8) is 0 Å². The molecule has 3 heterocycles. The second-order valence-corrected chi connectivity index (χ2v) is 5.64. The zero-order valence-electron chi connectivity index (χ0n) is 10.1. The average molecular weight is 235 g/mol. The molecule has 3 atom stereocenters. The number of amides is 1. The van der Waals surface area contributed by atoms with Crippen molar-refractivity contribution in [2.45, 2.75) is 31.3 Å². The standard InChI is InChI=1S/C13H21N3O/c14-11-2-1-10(7-11)13(17)15-12-8-16-5-3-9(12)4-6-16/h1-2,9-12H,3-8,14H2,(H,15,17). The Morgan fingerprint density at radius 3 is 2.59 bits per heavy atom. The summed E-state index contributed by atoms with van der Waals surface area (Å²) in [6, 6.07) is 0.438. The van der Waals surface area contributed by atoms with Gasteiger partial charge in [0.1, 0.15) is 0 Å². The largest absolute Gasteiger partial charge is 0.351 e. The van der Waals surface area contributed by atoms with Crippen molar-refractivity contribution in [3.8, 4) is 0 Å². The first-order chi connectivity index (χ1) is 8.22. The lowest BCUT2D eigenvalue weighted by Gasteiger charge is -2.45. The van der Waals surface area contributed by atoms with Gasteiger partial charge in [0, 0.05) is 18.6 Å². The summed E-state index contributed by atoms with van der Waals surface area (Å²) in [5.74, 6) is 0.872. The maximum atomic E-state index is 12.1. The van der Waals surface area contributed by atoms with E-state index >= 15 is 0 Å². The Morgan fingerprint density at radius 1 is 1.29 bits per heavy atom. The van der Waals surface area contributed by atoms with Crippen LogP contribution in [0, 0.1) is 11.8 Å². The third-order valence-electron chi connectivity index (χ3n) is 4.44. The minimum atomic E-state index is 0.000420. The number of hydrogen-bond acceptors (Lipinski definition) is 3. The highest BCUT2D eigenvalue weighted by atomic mass is 16.2. The molecule has 1 aliphatic carbocycles. The van der Waals surface area contributed by atoms with Crippen LogP contribution in [0.3, 0.4) is 0 Å². The van der Waals surface area contributed by atoms with Crippen LogP contribution in [0.4, 0.5) is 0 Å². The minimum absolute atomic E-state index is 0.000420. The highest BCUT2D eigenvalue weighted by Gasteiger charge is 2.36. The second kappa shape index (κ2) is 4.42. The molecule has 4 rings (SSSR count). The molecule has 0 radical (unpaired) electrons. The smallest absolute Gasteiger partial charge is 0.227 e. The average Bonchev–Trinajstić information content (AvgIpc) is 2.77. The minimum Gasteiger partial charge on any atom is -0.351 e. The molecule has 17 heavy (non-hydrogen) atoms. The van der Waals surface area contributed by atoms with Crippen molar-refractivity contribution in [2.24, 2.45) is 17.6 Å². The molecule has 3 fully saturated rings. The van der Waals surface area contributed by atoms with E-state index in [-0.39, 0.29) is 17.9 Å². The molecular weight excluding hydrogens is 214 g/mol. The first kappa shape index (κ1) is 11.2. The van der Waals surface area contributed by atoms with Gasteiger partial charge in [-0.05, 0) is 38.3 Å². The summed E-state index contributed by atoms with van der Waals surface area (Å²) in [6.07, 6.45) is 7.16. The number of fused-ring (bicyclic) bond motifs is 3. The van der Waals surface area contributed by atoms with E-state index in [9.17, 15) is 4.79 Å². The highest BCUT2D eigenvalue weighted by molar-refractivity contribution is 5.81. The summed E-state index contributed by atoms with van der Waals surface area (Å²) >= 11 is 0. The number of carbonyl (C=O) groups is 1. The molecule has 3 saturated heterocycles. The van der Waals surface area contributed by atoms with E-state index in [1.54, 1.807) is 0 Å². The summed E-state index contributed by atoms with van der Waals surface area (Å²) in [7, 11) is 0. The number of rotatable bonds is 2. The lowest BCUT2D eigenvalue weighted by molar-refractivity contribution is -0.125. The van der Waals surface area contributed by atoms with Crippen LogP contribution in [0.25, 0.3) is 0 Å². The normalized spacial score (nSPS) is 43.9. The molecule has 3 N–H and O–H groups in total. The van der Waals surface area contributed by atoms with Gasteiger partial charge in [0.2, 0.25) is 5.91 Å². The number of nitrogens with one attached hydrogen (secondary N) is 1. The van der Waals surface area contributed by atoms with E-state index in [0.717, 1.165) is 13.0 Å².